The smallest absolute Gasteiger partial charge is 0.261 e. The van der Waals surface area contributed by atoms with Crippen LogP contribution in [0.3, 0.4) is 0 Å². The van der Waals surface area contributed by atoms with Gasteiger partial charge in [0.25, 0.3) is 5.91 Å². The first-order valence-electron chi connectivity index (χ1n) is 9.53. The quantitative estimate of drug-likeness (QED) is 0.577. The first kappa shape index (κ1) is 20.4. The van der Waals surface area contributed by atoms with Crippen LogP contribution in [0.1, 0.15) is 34.5 Å². The number of likely N-dealkylation sites (tertiary alicyclic amines) is 1. The molecule has 1 aromatic heterocycles. The molecule has 3 aromatic rings. The second-order valence-electron chi connectivity index (χ2n) is 7.13. The summed E-state index contributed by atoms with van der Waals surface area (Å²) in [6, 6.07) is 12.5. The van der Waals surface area contributed by atoms with Crippen LogP contribution in [0.15, 0.2) is 47.0 Å². The number of carbonyl (C=O) groups is 2. The topological polar surface area (TPSA) is 75.4 Å². The molecule has 2 heterocycles. The minimum atomic E-state index is -0.380. The van der Waals surface area contributed by atoms with E-state index in [4.69, 9.17) is 27.7 Å². The van der Waals surface area contributed by atoms with Crippen molar-refractivity contribution in [3.05, 3.63) is 69.4 Å². The summed E-state index contributed by atoms with van der Waals surface area (Å²) in [7, 11) is 0. The number of nitrogens with zero attached hydrogens (tertiary/aromatic N) is 2. The Balaban J connectivity index is 1.59. The Bertz CT molecular complexity index is 1110. The number of aromatic nitrogens is 1. The molecule has 0 bridgehead atoms. The largest absolute Gasteiger partial charge is 0.360 e. The molecule has 0 saturated carbocycles. The number of anilines is 1. The molecule has 0 aliphatic carbocycles. The fourth-order valence-electron chi connectivity index (χ4n) is 3.57. The van der Waals surface area contributed by atoms with E-state index in [1.54, 1.807) is 31.2 Å². The molecule has 0 spiro atoms. The first-order chi connectivity index (χ1) is 14.4. The molecule has 1 fully saturated rings. The number of benzene rings is 2. The van der Waals surface area contributed by atoms with Crippen LogP contribution >= 0.6 is 23.2 Å². The number of hydrogen-bond acceptors (Lipinski definition) is 4. The minimum absolute atomic E-state index is 0.158. The van der Waals surface area contributed by atoms with Gasteiger partial charge in [0.1, 0.15) is 17.0 Å². The molecule has 1 N–H and O–H groups in total. The maximum Gasteiger partial charge on any atom is 0.261 e. The van der Waals surface area contributed by atoms with E-state index in [-0.39, 0.29) is 17.4 Å². The van der Waals surface area contributed by atoms with Crippen LogP contribution in [0.25, 0.3) is 11.3 Å². The summed E-state index contributed by atoms with van der Waals surface area (Å²) in [6.07, 6.45) is 1.48. The Labute approximate surface area is 183 Å². The monoisotopic (exact) mass is 443 g/mol. The average Bonchev–Trinajstić information content (AvgIpc) is 3.28. The summed E-state index contributed by atoms with van der Waals surface area (Å²) in [5, 5.41) is 7.65. The molecule has 6 nitrogen and oxygen atoms in total. The number of amides is 2. The zero-order chi connectivity index (χ0) is 21.3. The highest BCUT2D eigenvalue weighted by Crippen LogP contribution is 2.37. The van der Waals surface area contributed by atoms with Gasteiger partial charge in [0.15, 0.2) is 0 Å². The SMILES string of the molecule is Cc1onc(-c2c(Cl)cccc2Cl)c1C(=O)Nc1cccc(CN2CCCC2=O)c1. The summed E-state index contributed by atoms with van der Waals surface area (Å²) in [6.45, 7) is 2.94. The van der Waals surface area contributed by atoms with Crippen LogP contribution in [-0.4, -0.2) is 28.4 Å². The molecular weight excluding hydrogens is 425 g/mol. The zero-order valence-electron chi connectivity index (χ0n) is 16.2. The van der Waals surface area contributed by atoms with Gasteiger partial charge in [0.05, 0.1) is 10.0 Å². The maximum atomic E-state index is 13.1. The Morgan fingerprint density at radius 2 is 1.93 bits per heavy atom. The summed E-state index contributed by atoms with van der Waals surface area (Å²) in [4.78, 5) is 26.8. The van der Waals surface area contributed by atoms with Crippen LogP contribution in [-0.2, 0) is 11.3 Å². The van der Waals surface area contributed by atoms with Crippen molar-refractivity contribution in [1.82, 2.24) is 10.1 Å². The second kappa shape index (κ2) is 8.50. The molecule has 4 rings (SSSR count). The third-order valence-corrected chi connectivity index (χ3v) is 5.65. The van der Waals surface area contributed by atoms with Gasteiger partial charge in [-0.15, -0.1) is 0 Å². The van der Waals surface area contributed by atoms with E-state index < -0.39 is 0 Å². The molecule has 0 radical (unpaired) electrons. The lowest BCUT2D eigenvalue weighted by atomic mass is 10.1. The average molecular weight is 444 g/mol. The van der Waals surface area contributed by atoms with E-state index in [0.717, 1.165) is 18.5 Å². The molecular formula is C22H19Cl2N3O3. The molecule has 1 saturated heterocycles. The van der Waals surface area contributed by atoms with Gasteiger partial charge in [-0.05, 0) is 43.2 Å². The first-order valence-corrected chi connectivity index (χ1v) is 10.3. The summed E-state index contributed by atoms with van der Waals surface area (Å²) >= 11 is 12.6. The fraction of sp³-hybridized carbons (Fsp3) is 0.227. The lowest BCUT2D eigenvalue weighted by Crippen LogP contribution is -2.23. The van der Waals surface area contributed by atoms with Gasteiger partial charge >= 0.3 is 0 Å². The van der Waals surface area contributed by atoms with E-state index >= 15 is 0 Å². The van der Waals surface area contributed by atoms with Gasteiger partial charge < -0.3 is 14.7 Å². The van der Waals surface area contributed by atoms with Crippen molar-refractivity contribution in [3.63, 3.8) is 0 Å². The number of nitrogens with one attached hydrogen (secondary N) is 1. The van der Waals surface area contributed by atoms with Crippen LogP contribution in [0.4, 0.5) is 5.69 Å². The Hall–Kier alpha value is -2.83. The van der Waals surface area contributed by atoms with E-state index in [0.29, 0.717) is 45.7 Å². The lowest BCUT2D eigenvalue weighted by molar-refractivity contribution is -0.128. The van der Waals surface area contributed by atoms with Gasteiger partial charge in [-0.2, -0.15) is 0 Å². The number of carbonyl (C=O) groups excluding carboxylic acids is 2. The highest BCUT2D eigenvalue weighted by Gasteiger charge is 2.25. The van der Waals surface area contributed by atoms with E-state index in [1.165, 1.54) is 0 Å². The highest BCUT2D eigenvalue weighted by molar-refractivity contribution is 6.39. The fourth-order valence-corrected chi connectivity index (χ4v) is 4.14. The van der Waals surface area contributed by atoms with Gasteiger partial charge in [0, 0.05) is 30.8 Å². The standard InChI is InChI=1S/C22H19Cl2N3O3/c1-13-19(21(26-30-13)20-16(23)7-3-8-17(20)24)22(29)25-15-6-2-5-14(11-15)12-27-10-4-9-18(27)28/h2-3,5-8,11H,4,9-10,12H2,1H3,(H,25,29). The normalized spacial score (nSPS) is 13.7. The molecule has 0 unspecified atom stereocenters. The molecule has 1 aliphatic heterocycles. The summed E-state index contributed by atoms with van der Waals surface area (Å²) in [5.41, 5.74) is 2.56. The zero-order valence-corrected chi connectivity index (χ0v) is 17.8. The maximum absolute atomic E-state index is 13.1. The summed E-state index contributed by atoms with van der Waals surface area (Å²) in [5.74, 6) is 0.136. The van der Waals surface area contributed by atoms with Crippen molar-refractivity contribution in [2.75, 3.05) is 11.9 Å². The summed E-state index contributed by atoms with van der Waals surface area (Å²) < 4.78 is 5.27. The van der Waals surface area contributed by atoms with Crippen LogP contribution < -0.4 is 5.32 Å². The van der Waals surface area contributed by atoms with Crippen LogP contribution in [0.5, 0.6) is 0 Å². The molecule has 30 heavy (non-hydrogen) atoms. The van der Waals surface area contributed by atoms with Gasteiger partial charge in [-0.1, -0.05) is 46.6 Å². The van der Waals surface area contributed by atoms with Crippen LogP contribution in [0.2, 0.25) is 10.0 Å². The van der Waals surface area contributed by atoms with Crippen LogP contribution in [0, 0.1) is 6.92 Å². The van der Waals surface area contributed by atoms with Crippen molar-refractivity contribution in [3.8, 4) is 11.3 Å². The Morgan fingerprint density at radius 3 is 2.63 bits per heavy atom. The Morgan fingerprint density at radius 1 is 1.20 bits per heavy atom. The third-order valence-electron chi connectivity index (χ3n) is 5.02. The molecule has 154 valence electrons. The lowest BCUT2D eigenvalue weighted by Gasteiger charge is -2.16. The van der Waals surface area contributed by atoms with E-state index in [1.807, 2.05) is 23.1 Å². The second-order valence-corrected chi connectivity index (χ2v) is 7.95. The predicted octanol–water partition coefficient (Wildman–Crippen LogP) is 5.33. The molecule has 0 atom stereocenters. The van der Waals surface area contributed by atoms with Crippen molar-refractivity contribution in [2.24, 2.45) is 0 Å². The van der Waals surface area contributed by atoms with Crippen molar-refractivity contribution in [1.29, 1.82) is 0 Å². The van der Waals surface area contributed by atoms with Crippen molar-refractivity contribution >= 4 is 40.7 Å². The number of rotatable bonds is 5. The molecule has 2 amide bonds. The highest BCUT2D eigenvalue weighted by atomic mass is 35.5. The third kappa shape index (κ3) is 4.06. The Kier molecular flexibility index (Phi) is 5.79. The molecule has 8 heteroatoms. The van der Waals surface area contributed by atoms with E-state index in [2.05, 4.69) is 10.5 Å². The number of hydrogen-bond donors (Lipinski definition) is 1. The number of aryl methyl sites for hydroxylation is 1. The van der Waals surface area contributed by atoms with Gasteiger partial charge in [0.2, 0.25) is 5.91 Å². The van der Waals surface area contributed by atoms with E-state index in [9.17, 15) is 9.59 Å². The predicted molar refractivity (Wildman–Crippen MR) is 116 cm³/mol. The van der Waals surface area contributed by atoms with Crippen molar-refractivity contribution in [2.45, 2.75) is 26.3 Å². The molecule has 1 aliphatic rings. The van der Waals surface area contributed by atoms with Gasteiger partial charge in [-0.25, -0.2) is 0 Å². The van der Waals surface area contributed by atoms with Gasteiger partial charge in [-0.3, -0.25) is 9.59 Å². The minimum Gasteiger partial charge on any atom is -0.360 e. The number of halogens is 2. The molecule has 2 aromatic carbocycles. The van der Waals surface area contributed by atoms with Crippen molar-refractivity contribution < 1.29 is 14.1 Å².